The van der Waals surface area contributed by atoms with Crippen LogP contribution >= 0.6 is 0 Å². The molecule has 1 aromatic heterocycles. The molecule has 0 radical (unpaired) electrons. The molecule has 0 aliphatic heterocycles. The number of aryl methyl sites for hydroxylation is 1. The Labute approximate surface area is 86.4 Å². The van der Waals surface area contributed by atoms with Gasteiger partial charge in [-0.1, -0.05) is 0 Å². The third kappa shape index (κ3) is 1.66. The largest absolute Gasteiger partial charge is 0.508 e. The van der Waals surface area contributed by atoms with Gasteiger partial charge in [0.1, 0.15) is 12.3 Å². The lowest BCUT2D eigenvalue weighted by molar-refractivity contribution is -0.137. The van der Waals surface area contributed by atoms with Gasteiger partial charge in [0.25, 0.3) is 0 Å². The number of nitrogens with zero attached hydrogens (tertiary/aromatic N) is 1. The first kappa shape index (κ1) is 9.58. The average Bonchev–Trinajstić information content (AvgIpc) is 2.42. The highest BCUT2D eigenvalue weighted by molar-refractivity contribution is 5.86. The maximum Gasteiger partial charge on any atom is 0.323 e. The van der Waals surface area contributed by atoms with E-state index in [0.717, 1.165) is 16.5 Å². The van der Waals surface area contributed by atoms with E-state index in [4.69, 9.17) is 5.11 Å². The smallest absolute Gasteiger partial charge is 0.323 e. The third-order valence-corrected chi connectivity index (χ3v) is 2.37. The molecule has 1 heterocycles. The molecule has 0 saturated carbocycles. The van der Waals surface area contributed by atoms with Crippen molar-refractivity contribution >= 4 is 16.9 Å². The van der Waals surface area contributed by atoms with Crippen LogP contribution in [0.15, 0.2) is 24.4 Å². The number of aromatic hydroxyl groups is 1. The summed E-state index contributed by atoms with van der Waals surface area (Å²) in [5.74, 6) is -0.682. The summed E-state index contributed by atoms with van der Waals surface area (Å²) in [6.07, 6.45) is 1.78. The Kier molecular flexibility index (Phi) is 2.11. The first-order valence-corrected chi connectivity index (χ1v) is 4.58. The van der Waals surface area contributed by atoms with Crippen molar-refractivity contribution in [3.05, 3.63) is 30.0 Å². The SMILES string of the molecule is Cc1cn(CC(=O)O)c2ccc(O)cc12. The molecule has 0 spiro atoms. The average molecular weight is 205 g/mol. The number of rotatable bonds is 2. The topological polar surface area (TPSA) is 62.5 Å². The second-order valence-electron chi connectivity index (χ2n) is 3.54. The number of hydrogen-bond acceptors (Lipinski definition) is 2. The van der Waals surface area contributed by atoms with Crippen LogP contribution in [0, 0.1) is 6.92 Å². The normalized spacial score (nSPS) is 10.7. The number of hydrogen-bond donors (Lipinski definition) is 2. The Morgan fingerprint density at radius 1 is 1.47 bits per heavy atom. The fourth-order valence-electron chi connectivity index (χ4n) is 1.74. The van der Waals surface area contributed by atoms with Crippen LogP contribution in [0.1, 0.15) is 5.56 Å². The standard InChI is InChI=1S/C11H11NO3/c1-7-5-12(6-11(14)15)10-3-2-8(13)4-9(7)10/h2-5,13H,6H2,1H3,(H,14,15). The van der Waals surface area contributed by atoms with Crippen LogP contribution in [-0.2, 0) is 11.3 Å². The third-order valence-electron chi connectivity index (χ3n) is 2.37. The van der Waals surface area contributed by atoms with Gasteiger partial charge in [-0.3, -0.25) is 4.79 Å². The summed E-state index contributed by atoms with van der Waals surface area (Å²) in [4.78, 5) is 10.6. The zero-order valence-electron chi connectivity index (χ0n) is 8.27. The number of phenolic OH excluding ortho intramolecular Hbond substituents is 1. The van der Waals surface area contributed by atoms with Crippen molar-refractivity contribution in [1.82, 2.24) is 4.57 Å². The van der Waals surface area contributed by atoms with E-state index in [0.29, 0.717) is 0 Å². The van der Waals surface area contributed by atoms with Crippen LogP contribution in [0.3, 0.4) is 0 Å². The first-order chi connectivity index (χ1) is 7.08. The van der Waals surface area contributed by atoms with Crippen molar-refractivity contribution in [2.75, 3.05) is 0 Å². The van der Waals surface area contributed by atoms with Crippen molar-refractivity contribution in [2.45, 2.75) is 13.5 Å². The fraction of sp³-hybridized carbons (Fsp3) is 0.182. The highest BCUT2D eigenvalue weighted by atomic mass is 16.4. The van der Waals surface area contributed by atoms with Gasteiger partial charge in [-0.2, -0.15) is 0 Å². The Hall–Kier alpha value is -1.97. The summed E-state index contributed by atoms with van der Waals surface area (Å²) in [6.45, 7) is 1.83. The van der Waals surface area contributed by atoms with E-state index >= 15 is 0 Å². The lowest BCUT2D eigenvalue weighted by atomic mass is 10.2. The minimum absolute atomic E-state index is 0.0604. The number of phenols is 1. The van der Waals surface area contributed by atoms with E-state index in [9.17, 15) is 9.90 Å². The summed E-state index contributed by atoms with van der Waals surface area (Å²) < 4.78 is 1.66. The molecule has 15 heavy (non-hydrogen) atoms. The number of fused-ring (bicyclic) bond motifs is 1. The van der Waals surface area contributed by atoms with Crippen LogP contribution in [0.25, 0.3) is 10.9 Å². The van der Waals surface area contributed by atoms with Crippen LogP contribution in [0.2, 0.25) is 0 Å². The minimum Gasteiger partial charge on any atom is -0.508 e. The van der Waals surface area contributed by atoms with Crippen molar-refractivity contribution < 1.29 is 15.0 Å². The summed E-state index contributed by atoms with van der Waals surface area (Å²) in [5, 5.41) is 18.9. The Morgan fingerprint density at radius 3 is 2.87 bits per heavy atom. The number of aromatic nitrogens is 1. The molecule has 0 atom stereocenters. The molecule has 2 rings (SSSR count). The molecule has 1 aromatic carbocycles. The van der Waals surface area contributed by atoms with Crippen LogP contribution in [0.5, 0.6) is 5.75 Å². The van der Waals surface area contributed by atoms with Gasteiger partial charge in [-0.25, -0.2) is 0 Å². The van der Waals surface area contributed by atoms with E-state index in [1.807, 2.05) is 6.92 Å². The van der Waals surface area contributed by atoms with Gasteiger partial charge in [0.05, 0.1) is 0 Å². The van der Waals surface area contributed by atoms with Gasteiger partial charge in [0.2, 0.25) is 0 Å². The Balaban J connectivity index is 2.62. The quantitative estimate of drug-likeness (QED) is 0.784. The van der Waals surface area contributed by atoms with E-state index in [1.165, 1.54) is 0 Å². The fourth-order valence-corrected chi connectivity index (χ4v) is 1.74. The number of carboxylic acid groups (broad SMARTS) is 1. The predicted octanol–water partition coefficient (Wildman–Crippen LogP) is 1.74. The van der Waals surface area contributed by atoms with Gasteiger partial charge in [-0.15, -0.1) is 0 Å². The van der Waals surface area contributed by atoms with Crippen molar-refractivity contribution in [3.63, 3.8) is 0 Å². The van der Waals surface area contributed by atoms with Crippen molar-refractivity contribution in [2.24, 2.45) is 0 Å². The zero-order valence-corrected chi connectivity index (χ0v) is 8.27. The molecule has 0 saturated heterocycles. The monoisotopic (exact) mass is 205 g/mol. The van der Waals surface area contributed by atoms with E-state index in [-0.39, 0.29) is 12.3 Å². The molecule has 78 valence electrons. The molecule has 4 heteroatoms. The Bertz CT molecular complexity index is 528. The number of benzene rings is 1. The highest BCUT2D eigenvalue weighted by Gasteiger charge is 2.08. The lowest BCUT2D eigenvalue weighted by Gasteiger charge is -2.00. The summed E-state index contributed by atoms with van der Waals surface area (Å²) in [6, 6.07) is 4.92. The predicted molar refractivity (Wildman–Crippen MR) is 56.0 cm³/mol. The van der Waals surface area contributed by atoms with Crippen LogP contribution in [-0.4, -0.2) is 20.7 Å². The molecular weight excluding hydrogens is 194 g/mol. The van der Waals surface area contributed by atoms with Crippen LogP contribution < -0.4 is 0 Å². The number of carbonyl (C=O) groups is 1. The number of aliphatic carboxylic acids is 1. The maximum absolute atomic E-state index is 10.6. The van der Waals surface area contributed by atoms with E-state index in [2.05, 4.69) is 0 Å². The zero-order chi connectivity index (χ0) is 11.0. The molecule has 0 fully saturated rings. The maximum atomic E-state index is 10.6. The van der Waals surface area contributed by atoms with Gasteiger partial charge in [0.15, 0.2) is 0 Å². The molecule has 2 aromatic rings. The molecule has 0 bridgehead atoms. The molecule has 0 unspecified atom stereocenters. The molecule has 4 nitrogen and oxygen atoms in total. The van der Waals surface area contributed by atoms with Crippen LogP contribution in [0.4, 0.5) is 0 Å². The van der Waals surface area contributed by atoms with Crippen molar-refractivity contribution in [3.8, 4) is 5.75 Å². The summed E-state index contributed by atoms with van der Waals surface area (Å²) >= 11 is 0. The minimum atomic E-state index is -0.875. The van der Waals surface area contributed by atoms with Gasteiger partial charge in [-0.05, 0) is 30.7 Å². The first-order valence-electron chi connectivity index (χ1n) is 4.58. The van der Waals surface area contributed by atoms with E-state index < -0.39 is 5.97 Å². The summed E-state index contributed by atoms with van der Waals surface area (Å²) in [5.41, 5.74) is 1.79. The molecular formula is C11H11NO3. The lowest BCUT2D eigenvalue weighted by Crippen LogP contribution is -2.07. The van der Waals surface area contributed by atoms with Crippen molar-refractivity contribution in [1.29, 1.82) is 0 Å². The second-order valence-corrected chi connectivity index (χ2v) is 3.54. The van der Waals surface area contributed by atoms with Gasteiger partial charge < -0.3 is 14.8 Å². The van der Waals surface area contributed by atoms with Gasteiger partial charge in [0, 0.05) is 17.1 Å². The Morgan fingerprint density at radius 2 is 2.20 bits per heavy atom. The second kappa shape index (κ2) is 3.31. The molecule has 2 N–H and O–H groups in total. The number of carboxylic acids is 1. The summed E-state index contributed by atoms with van der Waals surface area (Å²) in [7, 11) is 0. The van der Waals surface area contributed by atoms with E-state index in [1.54, 1.807) is 29.0 Å². The highest BCUT2D eigenvalue weighted by Crippen LogP contribution is 2.24. The molecule has 0 amide bonds. The molecule has 0 aliphatic rings. The van der Waals surface area contributed by atoms with Gasteiger partial charge >= 0.3 is 5.97 Å². The molecule has 0 aliphatic carbocycles.